The SMILES string of the molecule is N#Cc1[nH]c2cc(NCC3C[C@H]3c3ccccc3)cc3c2c1C=NNC3=O. The summed E-state index contributed by atoms with van der Waals surface area (Å²) in [7, 11) is 0. The fourth-order valence-corrected chi connectivity index (χ4v) is 3.90. The van der Waals surface area contributed by atoms with Crippen molar-refractivity contribution in [3.63, 3.8) is 0 Å². The second kappa shape index (κ2) is 5.99. The van der Waals surface area contributed by atoms with E-state index >= 15 is 0 Å². The molecule has 2 atom stereocenters. The Balaban J connectivity index is 1.42. The van der Waals surface area contributed by atoms with Crippen molar-refractivity contribution >= 4 is 28.7 Å². The van der Waals surface area contributed by atoms with Gasteiger partial charge < -0.3 is 10.3 Å². The third-order valence-electron chi connectivity index (χ3n) is 5.37. The van der Waals surface area contributed by atoms with E-state index in [1.165, 1.54) is 18.2 Å². The molecular formula is C21H17N5O. The zero-order valence-corrected chi connectivity index (χ0v) is 14.5. The maximum absolute atomic E-state index is 12.4. The minimum Gasteiger partial charge on any atom is -0.385 e. The lowest BCUT2D eigenvalue weighted by Crippen LogP contribution is -2.16. The van der Waals surface area contributed by atoms with Crippen LogP contribution in [0.3, 0.4) is 0 Å². The van der Waals surface area contributed by atoms with Crippen LogP contribution in [-0.2, 0) is 0 Å². The molecule has 1 unspecified atom stereocenters. The van der Waals surface area contributed by atoms with Crippen molar-refractivity contribution in [2.75, 3.05) is 11.9 Å². The van der Waals surface area contributed by atoms with Crippen LogP contribution in [0.15, 0.2) is 47.6 Å². The van der Waals surface area contributed by atoms with Crippen LogP contribution in [0.1, 0.15) is 39.5 Å². The Labute approximate surface area is 155 Å². The molecule has 6 nitrogen and oxygen atoms in total. The van der Waals surface area contributed by atoms with Crippen LogP contribution < -0.4 is 10.7 Å². The lowest BCUT2D eigenvalue weighted by Gasteiger charge is -2.09. The van der Waals surface area contributed by atoms with Crippen molar-refractivity contribution < 1.29 is 4.79 Å². The zero-order valence-electron chi connectivity index (χ0n) is 14.5. The van der Waals surface area contributed by atoms with Crippen LogP contribution in [0.5, 0.6) is 0 Å². The molecule has 0 bridgehead atoms. The van der Waals surface area contributed by atoms with Gasteiger partial charge in [0, 0.05) is 28.7 Å². The molecular weight excluding hydrogens is 338 g/mol. The molecule has 1 aliphatic heterocycles. The number of hydrazone groups is 1. The Kier molecular flexibility index (Phi) is 3.47. The number of carbonyl (C=O) groups excluding carboxylic acids is 1. The quantitative estimate of drug-likeness (QED) is 0.670. The van der Waals surface area contributed by atoms with Gasteiger partial charge in [0.05, 0.1) is 11.8 Å². The first-order valence-electron chi connectivity index (χ1n) is 8.96. The topological polar surface area (TPSA) is 93.1 Å². The zero-order chi connectivity index (χ0) is 18.4. The van der Waals surface area contributed by atoms with Gasteiger partial charge in [0.15, 0.2) is 0 Å². The fraction of sp³-hybridized carbons (Fsp3) is 0.190. The predicted molar refractivity (Wildman–Crippen MR) is 104 cm³/mol. The van der Waals surface area contributed by atoms with Gasteiger partial charge >= 0.3 is 0 Å². The molecule has 0 spiro atoms. The van der Waals surface area contributed by atoms with Crippen LogP contribution in [0, 0.1) is 17.2 Å². The van der Waals surface area contributed by atoms with Gasteiger partial charge in [-0.05, 0) is 36.0 Å². The first kappa shape index (κ1) is 15.6. The van der Waals surface area contributed by atoms with E-state index in [0.29, 0.717) is 28.7 Å². The van der Waals surface area contributed by atoms with Crippen LogP contribution in [0.4, 0.5) is 5.69 Å². The molecule has 5 rings (SSSR count). The number of rotatable bonds is 4. The number of nitrogens with zero attached hydrogens (tertiary/aromatic N) is 2. The Bertz CT molecular complexity index is 1120. The molecule has 27 heavy (non-hydrogen) atoms. The number of aromatic nitrogens is 1. The molecule has 3 aromatic rings. The molecule has 1 aliphatic carbocycles. The monoisotopic (exact) mass is 355 g/mol. The Hall–Kier alpha value is -3.59. The molecule has 6 heteroatoms. The van der Waals surface area contributed by atoms with Gasteiger partial charge in [-0.25, -0.2) is 5.43 Å². The van der Waals surface area contributed by atoms with Crippen molar-refractivity contribution in [2.24, 2.45) is 11.0 Å². The summed E-state index contributed by atoms with van der Waals surface area (Å²) in [4.78, 5) is 15.5. The molecule has 2 aliphatic rings. The molecule has 2 heterocycles. The molecule has 132 valence electrons. The second-order valence-electron chi connectivity index (χ2n) is 7.06. The van der Waals surface area contributed by atoms with Gasteiger partial charge in [0.25, 0.3) is 5.91 Å². The number of anilines is 1. The average molecular weight is 355 g/mol. The van der Waals surface area contributed by atoms with E-state index < -0.39 is 0 Å². The van der Waals surface area contributed by atoms with Crippen molar-refractivity contribution in [3.05, 3.63) is 64.8 Å². The van der Waals surface area contributed by atoms with Crippen molar-refractivity contribution in [1.82, 2.24) is 10.4 Å². The van der Waals surface area contributed by atoms with Crippen LogP contribution in [0.25, 0.3) is 10.9 Å². The van der Waals surface area contributed by atoms with E-state index in [0.717, 1.165) is 23.1 Å². The molecule has 0 saturated heterocycles. The molecule has 0 radical (unpaired) electrons. The highest BCUT2D eigenvalue weighted by Gasteiger charge is 2.37. The first-order valence-corrected chi connectivity index (χ1v) is 8.96. The van der Waals surface area contributed by atoms with E-state index in [9.17, 15) is 10.1 Å². The minimum absolute atomic E-state index is 0.268. The van der Waals surface area contributed by atoms with Crippen molar-refractivity contribution in [1.29, 1.82) is 5.26 Å². The molecule has 2 aromatic carbocycles. The summed E-state index contributed by atoms with van der Waals surface area (Å²) < 4.78 is 0. The van der Waals surface area contributed by atoms with Crippen LogP contribution in [-0.4, -0.2) is 23.7 Å². The van der Waals surface area contributed by atoms with E-state index in [2.05, 4.69) is 51.2 Å². The number of aromatic amines is 1. The Morgan fingerprint density at radius 1 is 1.26 bits per heavy atom. The largest absolute Gasteiger partial charge is 0.385 e. The summed E-state index contributed by atoms with van der Waals surface area (Å²) in [6.07, 6.45) is 2.69. The summed E-state index contributed by atoms with van der Waals surface area (Å²) in [6, 6.07) is 16.5. The molecule has 1 saturated carbocycles. The first-order chi connectivity index (χ1) is 13.2. The van der Waals surface area contributed by atoms with E-state index in [-0.39, 0.29) is 5.91 Å². The Morgan fingerprint density at radius 2 is 2.11 bits per heavy atom. The van der Waals surface area contributed by atoms with E-state index in [4.69, 9.17) is 0 Å². The van der Waals surface area contributed by atoms with Gasteiger partial charge in [-0.1, -0.05) is 30.3 Å². The fourth-order valence-electron chi connectivity index (χ4n) is 3.90. The van der Waals surface area contributed by atoms with Crippen LogP contribution >= 0.6 is 0 Å². The maximum atomic E-state index is 12.4. The third-order valence-corrected chi connectivity index (χ3v) is 5.37. The number of amides is 1. The summed E-state index contributed by atoms with van der Waals surface area (Å²) in [5.74, 6) is 0.923. The van der Waals surface area contributed by atoms with Crippen LogP contribution in [0.2, 0.25) is 0 Å². The van der Waals surface area contributed by atoms with Crippen molar-refractivity contribution in [3.8, 4) is 6.07 Å². The summed E-state index contributed by atoms with van der Waals surface area (Å²) in [6.45, 7) is 0.849. The molecule has 1 fully saturated rings. The average Bonchev–Trinajstić information content (AvgIpc) is 3.42. The van der Waals surface area contributed by atoms with Gasteiger partial charge in [-0.2, -0.15) is 10.4 Å². The lowest BCUT2D eigenvalue weighted by atomic mass is 10.0. The van der Waals surface area contributed by atoms with E-state index in [1.54, 1.807) is 0 Å². The number of hydrogen-bond acceptors (Lipinski definition) is 4. The molecule has 1 aromatic heterocycles. The number of benzene rings is 2. The lowest BCUT2D eigenvalue weighted by molar-refractivity contribution is 0.0957. The smallest absolute Gasteiger partial charge is 0.272 e. The highest BCUT2D eigenvalue weighted by molar-refractivity contribution is 6.16. The molecule has 1 amide bonds. The second-order valence-corrected chi connectivity index (χ2v) is 7.06. The summed E-state index contributed by atoms with van der Waals surface area (Å²) in [5, 5.41) is 17.5. The standard InChI is InChI=1S/C21H17N5O/c22-9-19-17-11-24-26-21(27)16-7-14(8-18(25-19)20(16)17)23-10-13-6-15(13)12-4-2-1-3-5-12/h1-5,7-8,11,13,15,23,25H,6,10H2,(H,26,27)/t13?,15-/m0/s1. The maximum Gasteiger partial charge on any atom is 0.272 e. The molecule has 3 N–H and O–H groups in total. The number of carbonyl (C=O) groups is 1. The third kappa shape index (κ3) is 2.64. The number of nitriles is 1. The van der Waals surface area contributed by atoms with Crippen molar-refractivity contribution in [2.45, 2.75) is 12.3 Å². The number of nitrogens with one attached hydrogen (secondary N) is 3. The summed E-state index contributed by atoms with van der Waals surface area (Å²) >= 11 is 0. The van der Waals surface area contributed by atoms with Gasteiger partial charge in [0.1, 0.15) is 11.8 Å². The predicted octanol–water partition coefficient (Wildman–Crippen LogP) is 3.33. The van der Waals surface area contributed by atoms with E-state index in [1.807, 2.05) is 18.2 Å². The normalized spacial score (nSPS) is 20.0. The van der Waals surface area contributed by atoms with Gasteiger partial charge in [0.2, 0.25) is 0 Å². The minimum atomic E-state index is -0.268. The highest BCUT2D eigenvalue weighted by atomic mass is 16.2. The van der Waals surface area contributed by atoms with Gasteiger partial charge in [-0.3, -0.25) is 4.79 Å². The Morgan fingerprint density at radius 3 is 2.93 bits per heavy atom. The number of hydrogen-bond donors (Lipinski definition) is 3. The number of H-pyrrole nitrogens is 1. The summed E-state index contributed by atoms with van der Waals surface area (Å²) in [5.41, 5.74) is 7.10. The highest BCUT2D eigenvalue weighted by Crippen LogP contribution is 2.47. The van der Waals surface area contributed by atoms with Gasteiger partial charge in [-0.15, -0.1) is 0 Å².